The molecule has 0 saturated carbocycles. The maximum absolute atomic E-state index is 13.3. The lowest BCUT2D eigenvalue weighted by molar-refractivity contribution is -0.145. The first-order valence-corrected chi connectivity index (χ1v) is 6.07. The third-order valence-electron chi connectivity index (χ3n) is 2.87. The predicted octanol–water partition coefficient (Wildman–Crippen LogP) is 1.28. The Kier molecular flexibility index (Phi) is 6.11. The number of rotatable bonds is 6. The number of hydrogen-bond donors (Lipinski definition) is 0. The van der Waals surface area contributed by atoms with Crippen LogP contribution in [-0.4, -0.2) is 44.1 Å². The molecule has 0 aliphatic rings. The number of methoxy groups -OCH3 is 2. The summed E-state index contributed by atoms with van der Waals surface area (Å²) in [4.78, 5) is 24.2. The molecule has 0 spiro atoms. The van der Waals surface area contributed by atoms with Crippen LogP contribution < -0.4 is 0 Å². The summed E-state index contributed by atoms with van der Waals surface area (Å²) in [6.45, 7) is 1.96. The molecule has 0 amide bonds. The monoisotopic (exact) mass is 283 g/mol. The maximum atomic E-state index is 13.3. The molecule has 0 heterocycles. The SMILES string of the molecule is COC(=O)CN(CC(=O)OC)Cc1cc(F)ccc1C. The quantitative estimate of drug-likeness (QED) is 0.736. The van der Waals surface area contributed by atoms with E-state index < -0.39 is 11.9 Å². The molecule has 1 rings (SSSR count). The van der Waals surface area contributed by atoms with Gasteiger partial charge in [-0.3, -0.25) is 14.5 Å². The van der Waals surface area contributed by atoms with Crippen molar-refractivity contribution in [3.05, 3.63) is 35.1 Å². The summed E-state index contributed by atoms with van der Waals surface area (Å²) in [6.07, 6.45) is 0. The molecule has 0 fully saturated rings. The first-order chi connectivity index (χ1) is 9.46. The number of nitrogens with zero attached hydrogens (tertiary/aromatic N) is 1. The second-order valence-corrected chi connectivity index (χ2v) is 4.37. The number of carbonyl (C=O) groups excluding carboxylic acids is 2. The summed E-state index contributed by atoms with van der Waals surface area (Å²) in [7, 11) is 2.54. The fraction of sp³-hybridized carbons (Fsp3) is 0.429. The second kappa shape index (κ2) is 7.59. The van der Waals surface area contributed by atoms with Gasteiger partial charge in [-0.15, -0.1) is 0 Å². The molecule has 5 nitrogen and oxygen atoms in total. The Labute approximate surface area is 117 Å². The van der Waals surface area contributed by atoms with Gasteiger partial charge in [0.1, 0.15) is 5.82 Å². The predicted molar refractivity (Wildman–Crippen MR) is 70.4 cm³/mol. The van der Waals surface area contributed by atoms with Crippen LogP contribution in [0.25, 0.3) is 0 Å². The Hall–Kier alpha value is -1.95. The van der Waals surface area contributed by atoms with Crippen molar-refractivity contribution in [2.24, 2.45) is 0 Å². The van der Waals surface area contributed by atoms with Crippen molar-refractivity contribution in [1.82, 2.24) is 4.90 Å². The van der Waals surface area contributed by atoms with E-state index in [-0.39, 0.29) is 25.5 Å². The topological polar surface area (TPSA) is 55.8 Å². The molecule has 0 unspecified atom stereocenters. The average molecular weight is 283 g/mol. The van der Waals surface area contributed by atoms with E-state index in [2.05, 4.69) is 9.47 Å². The van der Waals surface area contributed by atoms with Gasteiger partial charge in [-0.25, -0.2) is 4.39 Å². The molecule has 0 bridgehead atoms. The molecule has 0 aromatic heterocycles. The summed E-state index contributed by atoms with van der Waals surface area (Å²) in [5.74, 6) is -1.30. The van der Waals surface area contributed by atoms with Crippen molar-refractivity contribution in [1.29, 1.82) is 0 Å². The van der Waals surface area contributed by atoms with E-state index in [4.69, 9.17) is 0 Å². The third kappa shape index (κ3) is 4.97. The minimum atomic E-state index is -0.469. The molecular formula is C14H18FNO4. The van der Waals surface area contributed by atoms with Crippen LogP contribution in [0.3, 0.4) is 0 Å². The second-order valence-electron chi connectivity index (χ2n) is 4.37. The zero-order chi connectivity index (χ0) is 15.1. The average Bonchev–Trinajstić information content (AvgIpc) is 2.42. The van der Waals surface area contributed by atoms with Gasteiger partial charge in [-0.05, 0) is 30.2 Å². The minimum absolute atomic E-state index is 0.0679. The van der Waals surface area contributed by atoms with Crippen LogP contribution in [0.5, 0.6) is 0 Å². The first-order valence-electron chi connectivity index (χ1n) is 6.07. The van der Waals surface area contributed by atoms with Crippen LogP contribution in [0, 0.1) is 12.7 Å². The van der Waals surface area contributed by atoms with E-state index in [1.54, 1.807) is 11.0 Å². The highest BCUT2D eigenvalue weighted by Gasteiger charge is 2.16. The Morgan fingerprint density at radius 3 is 2.20 bits per heavy atom. The number of benzene rings is 1. The Balaban J connectivity index is 2.84. The highest BCUT2D eigenvalue weighted by Crippen LogP contribution is 2.13. The van der Waals surface area contributed by atoms with Crippen LogP contribution in [-0.2, 0) is 25.6 Å². The van der Waals surface area contributed by atoms with Crippen LogP contribution in [0.1, 0.15) is 11.1 Å². The maximum Gasteiger partial charge on any atom is 0.319 e. The molecule has 110 valence electrons. The molecule has 1 aromatic rings. The van der Waals surface area contributed by atoms with E-state index in [9.17, 15) is 14.0 Å². The lowest BCUT2D eigenvalue weighted by atomic mass is 10.1. The van der Waals surface area contributed by atoms with Gasteiger partial charge in [0.15, 0.2) is 0 Å². The fourth-order valence-corrected chi connectivity index (χ4v) is 1.71. The fourth-order valence-electron chi connectivity index (χ4n) is 1.71. The van der Waals surface area contributed by atoms with Gasteiger partial charge in [-0.2, -0.15) is 0 Å². The van der Waals surface area contributed by atoms with Gasteiger partial charge in [-0.1, -0.05) is 6.07 Å². The largest absolute Gasteiger partial charge is 0.468 e. The minimum Gasteiger partial charge on any atom is -0.468 e. The Morgan fingerprint density at radius 2 is 1.70 bits per heavy atom. The molecular weight excluding hydrogens is 265 g/mol. The van der Waals surface area contributed by atoms with Crippen LogP contribution in [0.2, 0.25) is 0 Å². The molecule has 1 aromatic carbocycles. The van der Waals surface area contributed by atoms with Crippen molar-refractivity contribution in [2.45, 2.75) is 13.5 Å². The van der Waals surface area contributed by atoms with Crippen LogP contribution in [0.15, 0.2) is 18.2 Å². The number of carbonyl (C=O) groups is 2. The van der Waals surface area contributed by atoms with E-state index in [1.165, 1.54) is 26.4 Å². The summed E-state index contributed by atoms with van der Waals surface area (Å²) in [5.41, 5.74) is 1.59. The number of ether oxygens (including phenoxy) is 2. The van der Waals surface area contributed by atoms with Crippen molar-refractivity contribution >= 4 is 11.9 Å². The zero-order valence-corrected chi connectivity index (χ0v) is 11.8. The van der Waals surface area contributed by atoms with Gasteiger partial charge in [0.25, 0.3) is 0 Å². The van der Waals surface area contributed by atoms with Gasteiger partial charge >= 0.3 is 11.9 Å². The lowest BCUT2D eigenvalue weighted by Crippen LogP contribution is -2.35. The van der Waals surface area contributed by atoms with Gasteiger partial charge in [0.05, 0.1) is 27.3 Å². The summed E-state index contributed by atoms with van der Waals surface area (Å²) >= 11 is 0. The lowest BCUT2D eigenvalue weighted by Gasteiger charge is -2.20. The van der Waals surface area contributed by atoms with E-state index in [0.717, 1.165) is 5.56 Å². The molecule has 0 aliphatic carbocycles. The van der Waals surface area contributed by atoms with Gasteiger partial charge in [0.2, 0.25) is 0 Å². The van der Waals surface area contributed by atoms with Crippen molar-refractivity contribution in [2.75, 3.05) is 27.3 Å². The number of aryl methyl sites for hydroxylation is 1. The summed E-state index contributed by atoms with van der Waals surface area (Å²) < 4.78 is 22.4. The molecule has 0 saturated heterocycles. The van der Waals surface area contributed by atoms with E-state index in [1.807, 2.05) is 6.92 Å². The zero-order valence-electron chi connectivity index (χ0n) is 11.8. The van der Waals surface area contributed by atoms with Crippen LogP contribution >= 0.6 is 0 Å². The molecule has 0 atom stereocenters. The van der Waals surface area contributed by atoms with Crippen molar-refractivity contribution < 1.29 is 23.5 Å². The van der Waals surface area contributed by atoms with E-state index >= 15 is 0 Å². The number of esters is 2. The molecule has 0 aliphatic heterocycles. The summed E-state index contributed by atoms with van der Waals surface area (Å²) in [5, 5.41) is 0. The van der Waals surface area contributed by atoms with E-state index in [0.29, 0.717) is 5.56 Å². The Morgan fingerprint density at radius 1 is 1.15 bits per heavy atom. The van der Waals surface area contributed by atoms with Gasteiger partial charge in [0, 0.05) is 6.54 Å². The van der Waals surface area contributed by atoms with Crippen molar-refractivity contribution in [3.8, 4) is 0 Å². The number of halogens is 1. The molecule has 0 N–H and O–H groups in total. The third-order valence-corrected chi connectivity index (χ3v) is 2.87. The highest BCUT2D eigenvalue weighted by atomic mass is 19.1. The molecule has 0 radical (unpaired) electrons. The van der Waals surface area contributed by atoms with Crippen molar-refractivity contribution in [3.63, 3.8) is 0 Å². The number of hydrogen-bond acceptors (Lipinski definition) is 5. The summed E-state index contributed by atoms with van der Waals surface area (Å²) in [6, 6.07) is 4.40. The molecule has 6 heteroatoms. The molecule has 20 heavy (non-hydrogen) atoms. The standard InChI is InChI=1S/C14H18FNO4/c1-10-4-5-12(15)6-11(10)7-16(8-13(17)19-2)9-14(18)20-3/h4-6H,7-9H2,1-3H3. The van der Waals surface area contributed by atoms with Gasteiger partial charge < -0.3 is 9.47 Å². The smallest absolute Gasteiger partial charge is 0.319 e. The van der Waals surface area contributed by atoms with Crippen LogP contribution in [0.4, 0.5) is 4.39 Å². The first kappa shape index (κ1) is 16.1. The highest BCUT2D eigenvalue weighted by molar-refractivity contribution is 5.74. The normalized spacial score (nSPS) is 10.4. The Bertz CT molecular complexity index is 472.